The van der Waals surface area contributed by atoms with Crippen molar-refractivity contribution in [2.45, 2.75) is 13.8 Å². The van der Waals surface area contributed by atoms with Crippen LogP contribution in [0.3, 0.4) is 0 Å². The van der Waals surface area contributed by atoms with Crippen LogP contribution in [0.2, 0.25) is 0 Å². The maximum Gasteiger partial charge on any atom is 0.260 e. The maximum absolute atomic E-state index is 9.28. The third kappa shape index (κ3) is 3.12. The summed E-state index contributed by atoms with van der Waals surface area (Å²) >= 11 is 0. The Bertz CT molecular complexity index is 2610. The first kappa shape index (κ1) is 8.46. The molecule has 35 heavy (non-hydrogen) atoms. The summed E-state index contributed by atoms with van der Waals surface area (Å²) in [6.45, 7) is -3.47. The topological polar surface area (TPSA) is 18.5 Å². The van der Waals surface area contributed by atoms with Crippen molar-refractivity contribution in [3.05, 3.63) is 114 Å². The van der Waals surface area contributed by atoms with Crippen molar-refractivity contribution in [3.63, 3.8) is 0 Å². The van der Waals surface area contributed by atoms with Gasteiger partial charge in [-0.25, -0.2) is 0 Å². The molecule has 2 heterocycles. The van der Waals surface area contributed by atoms with E-state index in [9.17, 15) is 5.48 Å². The zero-order valence-electron chi connectivity index (χ0n) is 37.9. The molecule has 0 saturated carbocycles. The van der Waals surface area contributed by atoms with Crippen LogP contribution in [-0.4, -0.2) is 6.71 Å². The Morgan fingerprint density at radius 1 is 0.600 bits per heavy atom. The van der Waals surface area contributed by atoms with Gasteiger partial charge >= 0.3 is 0 Å². The van der Waals surface area contributed by atoms with Gasteiger partial charge in [0, 0.05) is 9.58 Å². The molecule has 0 N–H and O–H groups in total. The second-order valence-electron chi connectivity index (χ2n) is 7.82. The van der Waals surface area contributed by atoms with Gasteiger partial charge in [0.25, 0.3) is 6.71 Å². The van der Waals surface area contributed by atoms with E-state index in [4.69, 9.17) is 31.4 Å². The molecular formula is C32H23BO2. The number of rotatable bonds is 2. The lowest BCUT2D eigenvalue weighted by atomic mass is 9.35. The van der Waals surface area contributed by atoms with Crippen LogP contribution in [0.15, 0.2) is 103 Å². The fraction of sp³-hybridized carbons (Fsp3) is 0.0625. The molecule has 2 aliphatic rings. The van der Waals surface area contributed by atoms with Gasteiger partial charge in [0.05, 0.1) is 23.3 Å². The lowest BCUT2D eigenvalue weighted by Crippen LogP contribution is -2.57. The molecule has 0 spiro atoms. The summed E-state index contributed by atoms with van der Waals surface area (Å²) in [7, 11) is 0. The van der Waals surface area contributed by atoms with E-state index in [1.165, 1.54) is 6.92 Å². The average Bonchev–Trinajstić information content (AvgIpc) is 3.13. The second kappa shape index (κ2) is 7.64. The lowest BCUT2D eigenvalue weighted by Gasteiger charge is -2.33. The summed E-state index contributed by atoms with van der Waals surface area (Å²) in [5.74, 6) is -2.12. The summed E-state index contributed by atoms with van der Waals surface area (Å²) in [5, 5.41) is 0. The first-order valence-corrected chi connectivity index (χ1v) is 10.4. The number of benzene rings is 5. The number of hydrogen-bond acceptors (Lipinski definition) is 2. The van der Waals surface area contributed by atoms with Crippen molar-refractivity contribution in [2.24, 2.45) is 0 Å². The number of ether oxygens (including phenoxy) is 2. The van der Waals surface area contributed by atoms with Gasteiger partial charge in [-0.05, 0) is 82.3 Å². The van der Waals surface area contributed by atoms with Gasteiger partial charge in [-0.1, -0.05) is 78.6 Å². The molecule has 5 aromatic carbocycles. The minimum absolute atomic E-state index is 0.0512. The Morgan fingerprint density at radius 3 is 1.74 bits per heavy atom. The standard InChI is InChI=1S/C32H23BO2/c1-20-8-3-5-10-24(20)22-14-16-26-30(18-22)34-28-12-7-13-29-32(28)33(26)27-17-15-23(19-31(27)35-29)25-11-6-4-9-21(25)2/h3-19H,1-2H3/i1D3,3D,4D,5D,6D,7D,8D,9D,10D,11D,12D,13D,14D,15D,16D,17D,18D,19D. The van der Waals surface area contributed by atoms with Crippen LogP contribution in [0.1, 0.15) is 38.5 Å². The Labute approximate surface area is 234 Å². The molecule has 7 rings (SSSR count). The van der Waals surface area contributed by atoms with E-state index in [0.717, 1.165) is 0 Å². The largest absolute Gasteiger partial charge is 0.458 e. The van der Waals surface area contributed by atoms with E-state index in [-0.39, 0.29) is 27.5 Å². The minimum atomic E-state index is -3.21. The first-order valence-electron chi connectivity index (χ1n) is 20.4. The van der Waals surface area contributed by atoms with E-state index in [2.05, 4.69) is 0 Å². The van der Waals surface area contributed by atoms with Crippen LogP contribution in [0.5, 0.6) is 23.0 Å². The molecule has 2 aliphatic heterocycles. The predicted molar refractivity (Wildman–Crippen MR) is 144 cm³/mol. The normalized spacial score (nSPS) is 21.1. The van der Waals surface area contributed by atoms with Crippen molar-refractivity contribution in [3.8, 4) is 45.3 Å². The monoisotopic (exact) mass is 470 g/mol. The predicted octanol–water partition coefficient (Wildman–Crippen LogP) is 6.37. The van der Waals surface area contributed by atoms with Crippen molar-refractivity contribution in [1.29, 1.82) is 0 Å². The highest BCUT2D eigenvalue weighted by Crippen LogP contribution is 2.37. The highest BCUT2D eigenvalue weighted by molar-refractivity contribution is 6.98. The van der Waals surface area contributed by atoms with Gasteiger partial charge in [-0.15, -0.1) is 0 Å². The lowest BCUT2D eigenvalue weighted by molar-refractivity contribution is 0.464. The zero-order valence-corrected chi connectivity index (χ0v) is 17.9. The summed E-state index contributed by atoms with van der Waals surface area (Å²) in [4.78, 5) is 0. The molecule has 0 amide bonds. The smallest absolute Gasteiger partial charge is 0.260 e. The van der Waals surface area contributed by atoms with Crippen LogP contribution in [0.4, 0.5) is 0 Å². The van der Waals surface area contributed by atoms with Gasteiger partial charge in [-0.2, -0.15) is 0 Å². The Kier molecular flexibility index (Phi) is 1.85. The van der Waals surface area contributed by atoms with Crippen LogP contribution in [-0.2, 0) is 0 Å². The molecule has 0 unspecified atom stereocenters. The van der Waals surface area contributed by atoms with Crippen LogP contribution in [0.25, 0.3) is 22.3 Å². The third-order valence-electron chi connectivity index (χ3n) is 5.79. The number of fused-ring (bicyclic) bond motifs is 4. The fourth-order valence-electron chi connectivity index (χ4n) is 4.18. The molecule has 0 aromatic heterocycles. The van der Waals surface area contributed by atoms with Crippen molar-refractivity contribution in [2.75, 3.05) is 0 Å². The summed E-state index contributed by atoms with van der Waals surface area (Å²) in [6.07, 6.45) is 0. The minimum Gasteiger partial charge on any atom is -0.458 e. The summed E-state index contributed by atoms with van der Waals surface area (Å²) in [5.41, 5.74) is -4.14. The molecule has 0 bridgehead atoms. The molecule has 5 aromatic rings. The van der Waals surface area contributed by atoms with Gasteiger partial charge < -0.3 is 9.47 Å². The van der Waals surface area contributed by atoms with E-state index < -0.39 is 162 Å². The van der Waals surface area contributed by atoms with Gasteiger partial charge in [0.15, 0.2) is 0 Å². The van der Waals surface area contributed by atoms with Crippen LogP contribution >= 0.6 is 0 Å². The Balaban J connectivity index is 1.64. The van der Waals surface area contributed by atoms with Gasteiger partial charge in [-0.3, -0.25) is 0 Å². The van der Waals surface area contributed by atoms with E-state index in [1.54, 1.807) is 0 Å². The highest BCUT2D eigenvalue weighted by Gasteiger charge is 2.40. The first-order chi connectivity index (χ1) is 25.5. The number of hydrogen-bond donors (Lipinski definition) is 0. The molecule has 166 valence electrons. The molecule has 0 radical (unpaired) electrons. The third-order valence-corrected chi connectivity index (χ3v) is 5.79. The second-order valence-corrected chi connectivity index (χ2v) is 7.82. The molecule has 3 heteroatoms. The molecular weight excluding hydrogens is 427 g/mol. The summed E-state index contributed by atoms with van der Waals surface area (Å²) in [6, 6.07) is -12.8. The zero-order chi connectivity index (χ0) is 40.8. The van der Waals surface area contributed by atoms with Crippen molar-refractivity contribution in [1.82, 2.24) is 0 Å². The molecule has 0 fully saturated rings. The van der Waals surface area contributed by atoms with E-state index in [1.807, 2.05) is 0 Å². The van der Waals surface area contributed by atoms with Gasteiger partial charge in [0.1, 0.15) is 23.0 Å². The van der Waals surface area contributed by atoms with Crippen LogP contribution in [0, 0.1) is 13.8 Å². The van der Waals surface area contributed by atoms with Crippen LogP contribution < -0.4 is 25.9 Å². The highest BCUT2D eigenvalue weighted by atomic mass is 16.5. The fourth-order valence-corrected chi connectivity index (χ4v) is 4.18. The quantitative estimate of drug-likeness (QED) is 0.274. The SMILES string of the molecule is [2H]c1c([2H])c([2H])c(-c2c([2H])c([2H])c3c(c2[2H])Oc2c([2H])c([2H])c([2H])c4c2B3c2c([2H])c([2H])c(-c3c([2H])c([2H])c([2H])c([2H])c3C([2H])([2H])[2H])c([2H])c2O4)c(C)c1[2H]. The summed E-state index contributed by atoms with van der Waals surface area (Å²) < 4.78 is 184. The van der Waals surface area contributed by atoms with E-state index in [0.29, 0.717) is 0 Å². The molecule has 0 saturated heterocycles. The van der Waals surface area contributed by atoms with Crippen molar-refractivity contribution < 1.29 is 36.9 Å². The Morgan fingerprint density at radius 2 is 1.14 bits per heavy atom. The van der Waals surface area contributed by atoms with Gasteiger partial charge in [0.2, 0.25) is 0 Å². The molecule has 2 nitrogen and oxygen atoms in total. The average molecular weight is 470 g/mol. The molecule has 0 aliphatic carbocycles. The Hall–Kier alpha value is -4.24. The van der Waals surface area contributed by atoms with E-state index >= 15 is 0 Å². The molecule has 0 atom stereocenters. The van der Waals surface area contributed by atoms with Crippen molar-refractivity contribution >= 4 is 23.1 Å². The maximum atomic E-state index is 9.28.